The number of benzene rings is 1. The largest absolute Gasteiger partial charge is 0.485 e. The zero-order valence-corrected chi connectivity index (χ0v) is 11.5. The van der Waals surface area contributed by atoms with E-state index in [1.165, 1.54) is 6.33 Å². The van der Waals surface area contributed by atoms with Gasteiger partial charge in [-0.1, -0.05) is 11.6 Å². The third kappa shape index (κ3) is 3.12. The number of ether oxygens (including phenoxy) is 1. The minimum Gasteiger partial charge on any atom is -0.485 e. The summed E-state index contributed by atoms with van der Waals surface area (Å²) < 4.78 is 7.54. The average Bonchev–Trinajstić information content (AvgIpc) is 2.84. The number of aliphatic hydroxyl groups excluding tert-OH is 1. The second-order valence-electron chi connectivity index (χ2n) is 4.50. The molecule has 1 atom stereocenters. The van der Waals surface area contributed by atoms with Crippen molar-refractivity contribution in [2.24, 2.45) is 0 Å². The lowest BCUT2D eigenvalue weighted by atomic mass is 10.1. The highest BCUT2D eigenvalue weighted by Crippen LogP contribution is 2.26. The zero-order valence-electron chi connectivity index (χ0n) is 11.5. The van der Waals surface area contributed by atoms with Crippen LogP contribution in [0.1, 0.15) is 36.9 Å². The van der Waals surface area contributed by atoms with Crippen molar-refractivity contribution in [3.63, 3.8) is 0 Å². The van der Waals surface area contributed by atoms with Crippen LogP contribution in [0.2, 0.25) is 0 Å². The molecule has 0 radical (unpaired) electrons. The summed E-state index contributed by atoms with van der Waals surface area (Å²) in [5.41, 5.74) is 1.89. The van der Waals surface area contributed by atoms with Crippen LogP contribution in [0.25, 0.3) is 0 Å². The molecule has 1 heterocycles. The highest BCUT2D eigenvalue weighted by Gasteiger charge is 2.11. The molecule has 0 bridgehead atoms. The zero-order chi connectivity index (χ0) is 13.8. The molecule has 0 saturated heterocycles. The molecule has 0 aliphatic carbocycles. The topological polar surface area (TPSA) is 60.2 Å². The molecule has 5 heteroatoms. The highest BCUT2D eigenvalue weighted by molar-refractivity contribution is 5.38. The number of rotatable bonds is 5. The lowest BCUT2D eigenvalue weighted by molar-refractivity contribution is 0.189. The van der Waals surface area contributed by atoms with Gasteiger partial charge in [0.25, 0.3) is 0 Å². The molecule has 1 N–H and O–H groups in total. The van der Waals surface area contributed by atoms with Gasteiger partial charge < -0.3 is 9.84 Å². The first-order chi connectivity index (χ1) is 9.11. The van der Waals surface area contributed by atoms with E-state index in [4.69, 9.17) is 4.74 Å². The Morgan fingerprint density at radius 3 is 2.89 bits per heavy atom. The summed E-state index contributed by atoms with van der Waals surface area (Å²) in [5, 5.41) is 13.9. The number of aromatic nitrogens is 3. The van der Waals surface area contributed by atoms with Crippen LogP contribution >= 0.6 is 0 Å². The minimum atomic E-state index is -0.557. The standard InChI is InChI=1S/C14H19N3O2/c1-4-17-14(15-9-16-17)8-19-13-6-5-10(2)7-12(13)11(3)18/h5-7,9,11,18H,4,8H2,1-3H3/t11-/m0/s1. The van der Waals surface area contributed by atoms with E-state index >= 15 is 0 Å². The number of hydrogen-bond acceptors (Lipinski definition) is 4. The van der Waals surface area contributed by atoms with Crippen molar-refractivity contribution in [3.8, 4) is 5.75 Å². The van der Waals surface area contributed by atoms with Gasteiger partial charge in [0.2, 0.25) is 0 Å². The van der Waals surface area contributed by atoms with Crippen LogP contribution in [0.5, 0.6) is 5.75 Å². The maximum atomic E-state index is 9.77. The third-order valence-corrected chi connectivity index (χ3v) is 2.97. The predicted octanol–water partition coefficient (Wildman–Crippen LogP) is 2.24. The van der Waals surface area contributed by atoms with E-state index in [0.29, 0.717) is 12.4 Å². The van der Waals surface area contributed by atoms with E-state index < -0.39 is 6.10 Å². The van der Waals surface area contributed by atoms with Crippen molar-refractivity contribution >= 4 is 0 Å². The Morgan fingerprint density at radius 1 is 1.42 bits per heavy atom. The Morgan fingerprint density at radius 2 is 2.21 bits per heavy atom. The van der Waals surface area contributed by atoms with E-state index in [1.54, 1.807) is 11.6 Å². The molecule has 0 spiro atoms. The van der Waals surface area contributed by atoms with Crippen molar-refractivity contribution in [2.45, 2.75) is 40.0 Å². The van der Waals surface area contributed by atoms with Crippen LogP contribution in [0.4, 0.5) is 0 Å². The molecule has 5 nitrogen and oxygen atoms in total. The van der Waals surface area contributed by atoms with Crippen molar-refractivity contribution in [2.75, 3.05) is 0 Å². The first-order valence-electron chi connectivity index (χ1n) is 6.40. The molecule has 0 unspecified atom stereocenters. The van der Waals surface area contributed by atoms with Gasteiger partial charge in [-0.3, -0.25) is 0 Å². The van der Waals surface area contributed by atoms with E-state index in [9.17, 15) is 5.11 Å². The van der Waals surface area contributed by atoms with Gasteiger partial charge in [0.1, 0.15) is 18.7 Å². The second kappa shape index (κ2) is 5.84. The minimum absolute atomic E-state index is 0.344. The summed E-state index contributed by atoms with van der Waals surface area (Å²) in [5.74, 6) is 1.46. The van der Waals surface area contributed by atoms with Gasteiger partial charge >= 0.3 is 0 Å². The Balaban J connectivity index is 2.15. The fourth-order valence-electron chi connectivity index (χ4n) is 1.93. The van der Waals surface area contributed by atoms with E-state index in [-0.39, 0.29) is 0 Å². The first kappa shape index (κ1) is 13.5. The van der Waals surface area contributed by atoms with Crippen molar-refractivity contribution in [1.29, 1.82) is 0 Å². The molecule has 19 heavy (non-hydrogen) atoms. The van der Waals surface area contributed by atoms with Crippen LogP contribution in [0.3, 0.4) is 0 Å². The quantitative estimate of drug-likeness (QED) is 0.896. The Labute approximate surface area is 112 Å². The monoisotopic (exact) mass is 261 g/mol. The highest BCUT2D eigenvalue weighted by atomic mass is 16.5. The smallest absolute Gasteiger partial charge is 0.164 e. The predicted molar refractivity (Wildman–Crippen MR) is 71.8 cm³/mol. The van der Waals surface area contributed by atoms with Crippen molar-refractivity contribution in [3.05, 3.63) is 41.5 Å². The molecule has 2 aromatic rings. The van der Waals surface area contributed by atoms with Crippen molar-refractivity contribution in [1.82, 2.24) is 14.8 Å². The molecule has 1 aromatic carbocycles. The maximum absolute atomic E-state index is 9.77. The number of hydrogen-bond donors (Lipinski definition) is 1. The average molecular weight is 261 g/mol. The van der Waals surface area contributed by atoms with Crippen LogP contribution in [-0.2, 0) is 13.2 Å². The van der Waals surface area contributed by atoms with Gasteiger partial charge in [-0.25, -0.2) is 9.67 Å². The van der Waals surface area contributed by atoms with Crippen LogP contribution in [-0.4, -0.2) is 19.9 Å². The van der Waals surface area contributed by atoms with Gasteiger partial charge in [0.15, 0.2) is 5.82 Å². The molecule has 102 valence electrons. The second-order valence-corrected chi connectivity index (χ2v) is 4.50. The lowest BCUT2D eigenvalue weighted by Gasteiger charge is -2.14. The summed E-state index contributed by atoms with van der Waals surface area (Å²) in [6.07, 6.45) is 0.964. The molecular formula is C14H19N3O2. The normalized spacial score (nSPS) is 12.4. The van der Waals surface area contributed by atoms with E-state index in [2.05, 4.69) is 10.1 Å². The molecule has 2 rings (SSSR count). The molecule has 0 aliphatic rings. The number of aliphatic hydroxyl groups is 1. The van der Waals surface area contributed by atoms with Gasteiger partial charge in [0.05, 0.1) is 6.10 Å². The molecular weight excluding hydrogens is 242 g/mol. The SMILES string of the molecule is CCn1ncnc1COc1ccc(C)cc1[C@H](C)O. The van der Waals surface area contributed by atoms with Crippen LogP contribution in [0.15, 0.2) is 24.5 Å². The van der Waals surface area contributed by atoms with Crippen LogP contribution < -0.4 is 4.74 Å². The van der Waals surface area contributed by atoms with E-state index in [0.717, 1.165) is 23.5 Å². The van der Waals surface area contributed by atoms with Gasteiger partial charge in [0, 0.05) is 12.1 Å². The first-order valence-corrected chi connectivity index (χ1v) is 6.40. The summed E-state index contributed by atoms with van der Waals surface area (Å²) >= 11 is 0. The van der Waals surface area contributed by atoms with Gasteiger partial charge in [-0.15, -0.1) is 0 Å². The van der Waals surface area contributed by atoms with Gasteiger partial charge in [-0.05, 0) is 32.9 Å². The molecule has 0 amide bonds. The molecule has 0 fully saturated rings. The summed E-state index contributed by atoms with van der Waals surface area (Å²) in [7, 11) is 0. The Bertz CT molecular complexity index is 549. The summed E-state index contributed by atoms with van der Waals surface area (Å²) in [6.45, 7) is 6.83. The van der Waals surface area contributed by atoms with E-state index in [1.807, 2.05) is 32.0 Å². The number of aryl methyl sites for hydroxylation is 2. The van der Waals surface area contributed by atoms with Crippen molar-refractivity contribution < 1.29 is 9.84 Å². The lowest BCUT2D eigenvalue weighted by Crippen LogP contribution is -2.08. The third-order valence-electron chi connectivity index (χ3n) is 2.97. The molecule has 0 saturated carbocycles. The van der Waals surface area contributed by atoms with Gasteiger partial charge in [-0.2, -0.15) is 5.10 Å². The molecule has 0 aliphatic heterocycles. The Hall–Kier alpha value is -1.88. The Kier molecular flexibility index (Phi) is 4.16. The maximum Gasteiger partial charge on any atom is 0.164 e. The summed E-state index contributed by atoms with van der Waals surface area (Å²) in [6, 6.07) is 5.78. The van der Waals surface area contributed by atoms with Crippen LogP contribution in [0, 0.1) is 6.92 Å². The fraction of sp³-hybridized carbons (Fsp3) is 0.429. The number of nitrogens with zero attached hydrogens (tertiary/aromatic N) is 3. The molecule has 1 aromatic heterocycles. The summed E-state index contributed by atoms with van der Waals surface area (Å²) in [4.78, 5) is 4.16. The fourth-order valence-corrected chi connectivity index (χ4v) is 1.93.